The fraction of sp³-hybridized carbons (Fsp3) is 0.842. The first kappa shape index (κ1) is 20.3. The molecule has 2 unspecified atom stereocenters. The van der Waals surface area contributed by atoms with Gasteiger partial charge in [0.25, 0.3) is 0 Å². The van der Waals surface area contributed by atoms with Gasteiger partial charge < -0.3 is 14.1 Å². The molecule has 0 aliphatic heterocycles. The van der Waals surface area contributed by atoms with Crippen LogP contribution in [0.5, 0.6) is 0 Å². The summed E-state index contributed by atoms with van der Waals surface area (Å²) in [5, 5.41) is 8.52. The number of hydrogen-bond donors (Lipinski definition) is 0. The lowest BCUT2D eigenvalue weighted by Gasteiger charge is -2.30. The number of aromatic nitrogens is 3. The van der Waals surface area contributed by atoms with Crippen LogP contribution >= 0.6 is 0 Å². The van der Waals surface area contributed by atoms with Gasteiger partial charge in [0.15, 0.2) is 5.82 Å². The third-order valence-electron chi connectivity index (χ3n) is 6.18. The van der Waals surface area contributed by atoms with Crippen molar-refractivity contribution in [3.8, 4) is 0 Å². The van der Waals surface area contributed by atoms with Crippen LogP contribution in [0.1, 0.15) is 75.4 Å². The van der Waals surface area contributed by atoms with Gasteiger partial charge in [0.05, 0.1) is 12.0 Å². The molecule has 152 valence electrons. The third-order valence-corrected chi connectivity index (χ3v) is 6.18. The number of nitrogens with zero attached hydrogens (tertiary/aromatic N) is 3. The fourth-order valence-electron chi connectivity index (χ4n) is 4.43. The van der Waals surface area contributed by atoms with E-state index >= 15 is 0 Å². The van der Waals surface area contributed by atoms with Gasteiger partial charge in [-0.1, -0.05) is 6.42 Å². The number of hydrogen-bond acceptors (Lipinski definition) is 4. The molecule has 1 aromatic heterocycles. The number of carbonyl (C=O) groups is 1. The van der Waals surface area contributed by atoms with Gasteiger partial charge >= 0.3 is 6.18 Å². The third kappa shape index (κ3) is 5.09. The Morgan fingerprint density at radius 1 is 1.15 bits per heavy atom. The molecule has 0 aromatic carbocycles. The summed E-state index contributed by atoms with van der Waals surface area (Å²) in [5.74, 6) is 1.11. The Hall–Kier alpha value is -1.44. The predicted octanol–water partition coefficient (Wildman–Crippen LogP) is 4.32. The molecule has 1 aromatic rings. The molecule has 3 rings (SSSR count). The summed E-state index contributed by atoms with van der Waals surface area (Å²) in [4.78, 5) is 10.7. The highest BCUT2D eigenvalue weighted by Crippen LogP contribution is 2.39. The van der Waals surface area contributed by atoms with E-state index in [2.05, 4.69) is 10.2 Å². The summed E-state index contributed by atoms with van der Waals surface area (Å²) >= 11 is 0. The number of ether oxygens (including phenoxy) is 1. The van der Waals surface area contributed by atoms with Crippen molar-refractivity contribution in [3.05, 3.63) is 11.6 Å². The summed E-state index contributed by atoms with van der Waals surface area (Å²) < 4.78 is 46.5. The van der Waals surface area contributed by atoms with Crippen LogP contribution in [-0.2, 0) is 23.2 Å². The zero-order valence-corrected chi connectivity index (χ0v) is 15.7. The minimum atomic E-state index is -4.14. The van der Waals surface area contributed by atoms with Gasteiger partial charge in [-0.15, -0.1) is 10.2 Å². The van der Waals surface area contributed by atoms with E-state index < -0.39 is 12.1 Å². The SMILES string of the molecule is Cn1c(COC2CCCC(C(F)(F)F)C2)nnc1C1CCC(CC=O)CC1. The molecule has 2 saturated carbocycles. The molecule has 0 radical (unpaired) electrons. The molecule has 0 bridgehead atoms. The van der Waals surface area contributed by atoms with E-state index in [-0.39, 0.29) is 25.6 Å². The first-order valence-corrected chi connectivity index (χ1v) is 9.88. The molecule has 2 aliphatic carbocycles. The van der Waals surface area contributed by atoms with Crippen molar-refractivity contribution in [1.29, 1.82) is 0 Å². The highest BCUT2D eigenvalue weighted by Gasteiger charge is 2.42. The lowest BCUT2D eigenvalue weighted by molar-refractivity contribution is -0.193. The quantitative estimate of drug-likeness (QED) is 0.683. The lowest BCUT2D eigenvalue weighted by atomic mass is 9.80. The Balaban J connectivity index is 1.53. The van der Waals surface area contributed by atoms with Crippen LogP contribution in [-0.4, -0.2) is 33.3 Å². The standard InChI is InChI=1S/C19H28F3N3O2/c1-25-17(12-27-16-4-2-3-15(11-16)19(20,21)22)23-24-18(25)14-7-5-13(6-8-14)9-10-26/h10,13-16H,2-9,11-12H2,1H3. The van der Waals surface area contributed by atoms with Crippen molar-refractivity contribution in [2.75, 3.05) is 0 Å². The number of alkyl halides is 3. The van der Waals surface area contributed by atoms with Crippen molar-refractivity contribution in [3.63, 3.8) is 0 Å². The number of aldehydes is 1. The van der Waals surface area contributed by atoms with Gasteiger partial charge in [-0.3, -0.25) is 0 Å². The minimum Gasteiger partial charge on any atom is -0.370 e. The highest BCUT2D eigenvalue weighted by atomic mass is 19.4. The van der Waals surface area contributed by atoms with Gasteiger partial charge in [0, 0.05) is 19.4 Å². The Morgan fingerprint density at radius 2 is 1.89 bits per heavy atom. The van der Waals surface area contributed by atoms with E-state index in [0.717, 1.165) is 37.8 Å². The van der Waals surface area contributed by atoms with Crippen molar-refractivity contribution in [1.82, 2.24) is 14.8 Å². The van der Waals surface area contributed by atoms with E-state index in [0.29, 0.717) is 36.9 Å². The van der Waals surface area contributed by atoms with Gasteiger partial charge in [0.1, 0.15) is 18.7 Å². The van der Waals surface area contributed by atoms with E-state index in [1.54, 1.807) is 0 Å². The Morgan fingerprint density at radius 3 is 2.56 bits per heavy atom. The van der Waals surface area contributed by atoms with Crippen molar-refractivity contribution >= 4 is 6.29 Å². The lowest BCUT2D eigenvalue weighted by Crippen LogP contribution is -2.32. The van der Waals surface area contributed by atoms with E-state index in [4.69, 9.17) is 4.74 Å². The maximum atomic E-state index is 12.9. The summed E-state index contributed by atoms with van der Waals surface area (Å²) in [6.45, 7) is 0.194. The summed E-state index contributed by atoms with van der Waals surface area (Å²) in [6.07, 6.45) is 2.57. The zero-order valence-electron chi connectivity index (χ0n) is 15.7. The summed E-state index contributed by atoms with van der Waals surface area (Å²) in [5.41, 5.74) is 0. The molecule has 2 atom stereocenters. The molecule has 5 nitrogen and oxygen atoms in total. The predicted molar refractivity (Wildman–Crippen MR) is 93.0 cm³/mol. The van der Waals surface area contributed by atoms with Crippen LogP contribution in [0.3, 0.4) is 0 Å². The maximum Gasteiger partial charge on any atom is 0.391 e. The van der Waals surface area contributed by atoms with Crippen LogP contribution < -0.4 is 0 Å². The molecule has 0 spiro atoms. The molecule has 0 amide bonds. The molecule has 0 saturated heterocycles. The Bertz CT molecular complexity index is 624. The zero-order chi connectivity index (χ0) is 19.4. The van der Waals surface area contributed by atoms with Crippen molar-refractivity contribution < 1.29 is 22.7 Å². The summed E-state index contributed by atoms with van der Waals surface area (Å²) in [7, 11) is 1.89. The number of rotatable bonds is 6. The summed E-state index contributed by atoms with van der Waals surface area (Å²) in [6, 6.07) is 0. The van der Waals surface area contributed by atoms with E-state index in [9.17, 15) is 18.0 Å². The molecule has 1 heterocycles. The van der Waals surface area contributed by atoms with Crippen LogP contribution in [0.2, 0.25) is 0 Å². The fourth-order valence-corrected chi connectivity index (χ4v) is 4.43. The molecular weight excluding hydrogens is 359 g/mol. The number of carbonyl (C=O) groups excluding carboxylic acids is 1. The first-order chi connectivity index (χ1) is 12.9. The van der Waals surface area contributed by atoms with Gasteiger partial charge in [-0.05, 0) is 50.9 Å². The smallest absolute Gasteiger partial charge is 0.370 e. The second kappa shape index (κ2) is 8.71. The monoisotopic (exact) mass is 387 g/mol. The van der Waals surface area contributed by atoms with Gasteiger partial charge in [-0.2, -0.15) is 13.2 Å². The molecular formula is C19H28F3N3O2. The van der Waals surface area contributed by atoms with Crippen LogP contribution in [0.4, 0.5) is 13.2 Å². The second-order valence-corrected chi connectivity index (χ2v) is 7.99. The first-order valence-electron chi connectivity index (χ1n) is 9.88. The van der Waals surface area contributed by atoms with E-state index in [1.165, 1.54) is 0 Å². The average Bonchev–Trinajstić information content (AvgIpc) is 3.01. The Labute approximate surface area is 157 Å². The molecule has 2 fully saturated rings. The molecule has 27 heavy (non-hydrogen) atoms. The average molecular weight is 387 g/mol. The van der Waals surface area contributed by atoms with Crippen molar-refractivity contribution in [2.45, 2.75) is 82.6 Å². The molecule has 0 N–H and O–H groups in total. The molecule has 8 heteroatoms. The van der Waals surface area contributed by atoms with Crippen LogP contribution in [0.15, 0.2) is 0 Å². The van der Waals surface area contributed by atoms with Crippen LogP contribution in [0.25, 0.3) is 0 Å². The second-order valence-electron chi connectivity index (χ2n) is 7.99. The van der Waals surface area contributed by atoms with Gasteiger partial charge in [-0.25, -0.2) is 0 Å². The highest BCUT2D eigenvalue weighted by molar-refractivity contribution is 5.49. The van der Waals surface area contributed by atoms with Crippen molar-refractivity contribution in [2.24, 2.45) is 18.9 Å². The number of halogens is 3. The van der Waals surface area contributed by atoms with Gasteiger partial charge in [0.2, 0.25) is 0 Å². The normalized spacial score (nSPS) is 29.6. The topological polar surface area (TPSA) is 57.0 Å². The Kier molecular flexibility index (Phi) is 6.55. The molecule has 2 aliphatic rings. The van der Waals surface area contributed by atoms with Crippen LogP contribution in [0, 0.1) is 11.8 Å². The minimum absolute atomic E-state index is 0.0367. The largest absolute Gasteiger partial charge is 0.391 e. The maximum absolute atomic E-state index is 12.9. The van der Waals surface area contributed by atoms with E-state index in [1.807, 2.05) is 11.6 Å².